The van der Waals surface area contributed by atoms with Crippen molar-refractivity contribution in [2.45, 2.75) is 60.0 Å². The second-order valence-corrected chi connectivity index (χ2v) is 11.5. The number of aromatic nitrogens is 4. The second-order valence-electron chi connectivity index (χ2n) is 11.1. The summed E-state index contributed by atoms with van der Waals surface area (Å²) >= 11 is 6.83. The van der Waals surface area contributed by atoms with Crippen LogP contribution in [-0.2, 0) is 4.79 Å². The van der Waals surface area contributed by atoms with Crippen molar-refractivity contribution >= 4 is 40.0 Å². The molecule has 0 aliphatic carbocycles. The van der Waals surface area contributed by atoms with E-state index in [-0.39, 0.29) is 58.9 Å². The van der Waals surface area contributed by atoms with Gasteiger partial charge in [0.2, 0.25) is 5.91 Å². The molecular formula is C32H36ClN7O4. The molecule has 1 saturated heterocycles. The number of benzene rings is 1. The van der Waals surface area contributed by atoms with Gasteiger partial charge in [-0.25, -0.2) is 14.3 Å². The zero-order valence-corrected chi connectivity index (χ0v) is 25.4. The van der Waals surface area contributed by atoms with Gasteiger partial charge in [-0.1, -0.05) is 51.6 Å². The van der Waals surface area contributed by atoms with Crippen molar-refractivity contribution in [3.63, 3.8) is 0 Å². The van der Waals surface area contributed by atoms with E-state index in [9.17, 15) is 19.7 Å². The Kier molecular flexibility index (Phi) is 9.19. The normalized spacial score (nSPS) is 16.6. The Bertz CT molecular complexity index is 1840. The van der Waals surface area contributed by atoms with Crippen LogP contribution in [0.25, 0.3) is 28.0 Å². The maximum atomic E-state index is 14.1. The first kappa shape index (κ1) is 32.3. The van der Waals surface area contributed by atoms with Gasteiger partial charge in [0.1, 0.15) is 5.82 Å². The average molecular weight is 618 g/mol. The maximum Gasteiger partial charge on any atom is 0.355 e. The highest BCUT2D eigenvalue weighted by Crippen LogP contribution is 2.38. The molecule has 0 saturated carbocycles. The summed E-state index contributed by atoms with van der Waals surface area (Å²) in [6.07, 6.45) is 2.99. The molecule has 0 bridgehead atoms. The zero-order valence-electron chi connectivity index (χ0n) is 24.6. The lowest BCUT2D eigenvalue weighted by molar-refractivity contribution is -0.384. The summed E-state index contributed by atoms with van der Waals surface area (Å²) < 4.78 is 1.43. The number of rotatable bonds is 6. The van der Waals surface area contributed by atoms with Crippen molar-refractivity contribution in [1.29, 1.82) is 0 Å². The molecule has 2 atom stereocenters. The Balaban J connectivity index is 0.00000442. The van der Waals surface area contributed by atoms with Crippen LogP contribution in [0.4, 0.5) is 11.5 Å². The molecule has 12 heteroatoms. The van der Waals surface area contributed by atoms with Crippen molar-refractivity contribution in [3.8, 4) is 16.9 Å². The Hall–Kier alpha value is -4.64. The Morgan fingerprint density at radius 1 is 1.16 bits per heavy atom. The number of carbonyl (C=O) groups is 1. The van der Waals surface area contributed by atoms with Crippen LogP contribution in [0.15, 0.2) is 60.0 Å². The highest BCUT2D eigenvalue weighted by atomic mass is 35.5. The van der Waals surface area contributed by atoms with Gasteiger partial charge in [-0.15, -0.1) is 0 Å². The molecule has 0 spiro atoms. The van der Waals surface area contributed by atoms with Crippen LogP contribution < -0.4 is 10.6 Å². The van der Waals surface area contributed by atoms with Crippen LogP contribution in [-0.4, -0.2) is 60.4 Å². The van der Waals surface area contributed by atoms with Gasteiger partial charge in [-0.2, -0.15) is 4.98 Å². The third-order valence-electron chi connectivity index (χ3n) is 7.80. The highest BCUT2D eigenvalue weighted by Gasteiger charge is 2.34. The zero-order chi connectivity index (χ0) is 31.2. The van der Waals surface area contributed by atoms with Crippen LogP contribution in [0.5, 0.6) is 0 Å². The average Bonchev–Trinajstić information content (AvgIpc) is 2.97. The fourth-order valence-corrected chi connectivity index (χ4v) is 5.93. The predicted molar refractivity (Wildman–Crippen MR) is 174 cm³/mol. The lowest BCUT2D eigenvalue weighted by Gasteiger charge is -2.44. The van der Waals surface area contributed by atoms with Gasteiger partial charge in [0, 0.05) is 37.4 Å². The van der Waals surface area contributed by atoms with Crippen molar-refractivity contribution in [2.24, 2.45) is 0 Å². The number of carbonyl (C=O) groups excluding carboxylic acids is 1. The van der Waals surface area contributed by atoms with Gasteiger partial charge in [0.05, 0.1) is 38.0 Å². The fourth-order valence-electron chi connectivity index (χ4n) is 5.68. The monoisotopic (exact) mass is 617 g/mol. The number of hydrogen-bond acceptors (Lipinski definition) is 8. The number of aryl methyl sites for hydroxylation is 1. The fraction of sp³-hybridized carbons (Fsp3) is 0.344. The van der Waals surface area contributed by atoms with E-state index in [1.165, 1.54) is 16.7 Å². The van der Waals surface area contributed by atoms with Gasteiger partial charge in [-0.3, -0.25) is 19.9 Å². The van der Waals surface area contributed by atoms with E-state index in [4.69, 9.17) is 16.6 Å². The standard InChI is InChI=1S/C31H32ClN7O4.CH4/c1-7-25(40)36-15-20(6)37(16-19(36)5)29-22-14-23(32)27(21-10-8-9-11-24(21)39(42)43)34-30(22)38(31(41)35-29)28-18(4)12-13-33-26(28)17(2)3;/h7-14,17,19-20H,1,15-16H2,2-6H3;1H4/t19-,20+;/m1./s1. The number of piperazine rings is 1. The lowest BCUT2D eigenvalue weighted by Crippen LogP contribution is -2.58. The molecule has 230 valence electrons. The molecule has 3 aromatic heterocycles. The molecule has 0 N–H and O–H groups in total. The van der Waals surface area contributed by atoms with Crippen molar-refractivity contribution < 1.29 is 9.72 Å². The van der Waals surface area contributed by atoms with Crippen LogP contribution >= 0.6 is 11.6 Å². The third kappa shape index (κ3) is 5.55. The molecule has 1 aliphatic heterocycles. The first-order chi connectivity index (χ1) is 20.4. The van der Waals surface area contributed by atoms with Crippen molar-refractivity contribution in [1.82, 2.24) is 24.4 Å². The number of nitro groups is 1. The number of hydrogen-bond donors (Lipinski definition) is 0. The summed E-state index contributed by atoms with van der Waals surface area (Å²) in [5, 5.41) is 12.6. The smallest absolute Gasteiger partial charge is 0.349 e. The summed E-state index contributed by atoms with van der Waals surface area (Å²) in [5.74, 6) is 0.173. The van der Waals surface area contributed by atoms with E-state index in [1.54, 1.807) is 35.4 Å². The minimum Gasteiger partial charge on any atom is -0.349 e. The van der Waals surface area contributed by atoms with Crippen LogP contribution in [0.3, 0.4) is 0 Å². The molecule has 1 aliphatic rings. The number of amides is 1. The SMILES string of the molecule is C.C=CC(=O)N1C[C@H](C)N(c2nc(=O)n(-c3c(C)ccnc3C(C)C)c3nc(-c4ccccc4[N+](=O)[O-])c(Cl)cc23)C[C@H]1C. The molecule has 1 amide bonds. The van der Waals surface area contributed by atoms with Crippen LogP contribution in [0.1, 0.15) is 52.3 Å². The minimum absolute atomic E-state index is 0. The van der Waals surface area contributed by atoms with Gasteiger partial charge in [0.25, 0.3) is 5.69 Å². The molecule has 4 aromatic rings. The number of halogens is 1. The van der Waals surface area contributed by atoms with Crippen LogP contribution in [0, 0.1) is 17.0 Å². The number of pyridine rings is 2. The van der Waals surface area contributed by atoms with E-state index in [0.29, 0.717) is 35.7 Å². The lowest BCUT2D eigenvalue weighted by atomic mass is 10.0. The van der Waals surface area contributed by atoms with Crippen molar-refractivity contribution in [3.05, 3.63) is 92.1 Å². The topological polar surface area (TPSA) is 127 Å². The molecule has 1 fully saturated rings. The molecule has 5 rings (SSSR count). The number of fused-ring (bicyclic) bond motifs is 1. The van der Waals surface area contributed by atoms with E-state index >= 15 is 0 Å². The number of nitro benzene ring substituents is 1. The Morgan fingerprint density at radius 2 is 1.86 bits per heavy atom. The minimum atomic E-state index is -0.576. The van der Waals surface area contributed by atoms with Gasteiger partial charge < -0.3 is 9.80 Å². The molecule has 0 radical (unpaired) electrons. The van der Waals surface area contributed by atoms with E-state index in [1.807, 2.05) is 45.6 Å². The van der Waals surface area contributed by atoms with E-state index < -0.39 is 10.6 Å². The summed E-state index contributed by atoms with van der Waals surface area (Å²) in [6, 6.07) is 9.29. The number of nitrogens with zero attached hydrogens (tertiary/aromatic N) is 7. The van der Waals surface area contributed by atoms with E-state index in [0.717, 1.165) is 5.56 Å². The Morgan fingerprint density at radius 3 is 2.52 bits per heavy atom. The van der Waals surface area contributed by atoms with Gasteiger partial charge in [-0.05, 0) is 56.5 Å². The van der Waals surface area contributed by atoms with Gasteiger partial charge >= 0.3 is 5.69 Å². The second kappa shape index (κ2) is 12.5. The molecule has 11 nitrogen and oxygen atoms in total. The summed E-state index contributed by atoms with van der Waals surface area (Å²) in [5.41, 5.74) is 1.93. The molecule has 4 heterocycles. The summed E-state index contributed by atoms with van der Waals surface area (Å²) in [4.78, 5) is 55.8. The number of anilines is 1. The molecule has 0 unspecified atom stereocenters. The van der Waals surface area contributed by atoms with Crippen LogP contribution in [0.2, 0.25) is 5.02 Å². The number of para-hydroxylation sites is 1. The maximum absolute atomic E-state index is 14.1. The summed E-state index contributed by atoms with van der Waals surface area (Å²) in [7, 11) is 0. The quantitative estimate of drug-likeness (QED) is 0.145. The van der Waals surface area contributed by atoms with Gasteiger partial charge in [0.15, 0.2) is 5.65 Å². The molecular weight excluding hydrogens is 582 g/mol. The highest BCUT2D eigenvalue weighted by molar-refractivity contribution is 6.34. The molecule has 44 heavy (non-hydrogen) atoms. The first-order valence-electron chi connectivity index (χ1n) is 14.0. The predicted octanol–water partition coefficient (Wildman–Crippen LogP) is 6.08. The molecule has 1 aromatic carbocycles. The summed E-state index contributed by atoms with van der Waals surface area (Å²) in [6.45, 7) is 14.1. The van der Waals surface area contributed by atoms with Crippen molar-refractivity contribution in [2.75, 3.05) is 18.0 Å². The largest absolute Gasteiger partial charge is 0.355 e. The van der Waals surface area contributed by atoms with E-state index in [2.05, 4.69) is 16.5 Å². The first-order valence-corrected chi connectivity index (χ1v) is 14.3. The third-order valence-corrected chi connectivity index (χ3v) is 8.09. The Labute approximate surface area is 261 Å².